The van der Waals surface area contributed by atoms with Crippen molar-refractivity contribution in [2.75, 3.05) is 0 Å². The number of benzene rings is 1. The first-order chi connectivity index (χ1) is 12.5. The van der Waals surface area contributed by atoms with Crippen molar-refractivity contribution < 1.29 is 40.5 Å². The highest BCUT2D eigenvalue weighted by Crippen LogP contribution is 2.30. The third kappa shape index (κ3) is 3.71. The Bertz CT molecular complexity index is 874. The van der Waals surface area contributed by atoms with E-state index in [1.54, 1.807) is 5.32 Å². The number of amides is 2. The van der Waals surface area contributed by atoms with E-state index in [0.717, 1.165) is 12.1 Å². The second-order valence-corrected chi connectivity index (χ2v) is 5.48. The van der Waals surface area contributed by atoms with Crippen molar-refractivity contribution in [3.8, 4) is 11.4 Å². The molecule has 1 saturated heterocycles. The van der Waals surface area contributed by atoms with Crippen LogP contribution in [0.3, 0.4) is 0 Å². The number of carbonyl (C=O) groups is 2. The quantitative estimate of drug-likeness (QED) is 0.613. The molecule has 144 valence electrons. The average molecular weight is 394 g/mol. The SMILES string of the molecule is O=C(NC1C(=O)NC1C(F)(F)F)c1ccc(-c2noc(C(F)(F)F)n2)cc1. The number of rotatable bonds is 3. The summed E-state index contributed by atoms with van der Waals surface area (Å²) in [5.74, 6) is -3.87. The normalized spacial score (nSPS) is 20.0. The molecule has 0 aliphatic carbocycles. The zero-order valence-electron chi connectivity index (χ0n) is 12.9. The number of carbonyl (C=O) groups excluding carboxylic acids is 2. The van der Waals surface area contributed by atoms with Gasteiger partial charge in [-0.25, -0.2) is 0 Å². The van der Waals surface area contributed by atoms with Crippen LogP contribution in [0.2, 0.25) is 0 Å². The van der Waals surface area contributed by atoms with E-state index in [2.05, 4.69) is 14.7 Å². The molecule has 1 fully saturated rings. The van der Waals surface area contributed by atoms with Crippen LogP contribution in [0.1, 0.15) is 16.2 Å². The van der Waals surface area contributed by atoms with Gasteiger partial charge in [-0.05, 0) is 12.1 Å². The first-order valence-corrected chi connectivity index (χ1v) is 7.16. The number of nitrogens with zero attached hydrogens (tertiary/aromatic N) is 2. The van der Waals surface area contributed by atoms with Gasteiger partial charge in [0, 0.05) is 11.1 Å². The number of halogens is 6. The molecule has 2 amide bonds. The maximum absolute atomic E-state index is 12.6. The minimum absolute atomic E-state index is 0.0837. The highest BCUT2D eigenvalue weighted by Gasteiger charge is 2.56. The molecule has 2 N–H and O–H groups in total. The fraction of sp³-hybridized carbons (Fsp3) is 0.286. The third-order valence-corrected chi connectivity index (χ3v) is 3.63. The van der Waals surface area contributed by atoms with Gasteiger partial charge in [-0.1, -0.05) is 17.3 Å². The maximum atomic E-state index is 12.6. The minimum Gasteiger partial charge on any atom is -0.340 e. The Hall–Kier alpha value is -3.12. The molecule has 1 aromatic carbocycles. The van der Waals surface area contributed by atoms with Gasteiger partial charge in [-0.15, -0.1) is 0 Å². The smallest absolute Gasteiger partial charge is 0.340 e. The van der Waals surface area contributed by atoms with Crippen molar-refractivity contribution in [3.63, 3.8) is 0 Å². The lowest BCUT2D eigenvalue weighted by Gasteiger charge is -2.37. The monoisotopic (exact) mass is 394 g/mol. The van der Waals surface area contributed by atoms with Crippen molar-refractivity contribution in [3.05, 3.63) is 35.7 Å². The van der Waals surface area contributed by atoms with Crippen LogP contribution in [0.5, 0.6) is 0 Å². The summed E-state index contributed by atoms with van der Waals surface area (Å²) >= 11 is 0. The van der Waals surface area contributed by atoms with Crippen LogP contribution in [-0.2, 0) is 11.0 Å². The highest BCUT2D eigenvalue weighted by molar-refractivity contribution is 6.00. The van der Waals surface area contributed by atoms with E-state index in [1.165, 1.54) is 12.1 Å². The van der Waals surface area contributed by atoms with Gasteiger partial charge in [0.1, 0.15) is 6.04 Å². The topological polar surface area (TPSA) is 97.1 Å². The van der Waals surface area contributed by atoms with Crippen LogP contribution in [0, 0.1) is 0 Å². The van der Waals surface area contributed by atoms with Crippen LogP contribution in [0.4, 0.5) is 26.3 Å². The standard InChI is InChI=1S/C14H8F6N4O3/c15-13(16,17)8-7(11(26)22-8)21-10(25)6-3-1-5(2-4-6)9-23-12(27-24-9)14(18,19)20/h1-4,7-8H,(H,21,25)(H,22,26). The molecule has 3 rings (SSSR count). The first-order valence-electron chi connectivity index (χ1n) is 7.16. The van der Waals surface area contributed by atoms with Crippen LogP contribution in [-0.4, -0.2) is 40.2 Å². The number of hydrogen-bond acceptors (Lipinski definition) is 5. The molecule has 7 nitrogen and oxygen atoms in total. The van der Waals surface area contributed by atoms with Gasteiger partial charge in [0.15, 0.2) is 6.04 Å². The third-order valence-electron chi connectivity index (χ3n) is 3.63. The lowest BCUT2D eigenvalue weighted by Crippen LogP contribution is -2.73. The van der Waals surface area contributed by atoms with Crippen LogP contribution in [0.15, 0.2) is 28.8 Å². The molecule has 2 atom stereocenters. The summed E-state index contributed by atoms with van der Waals surface area (Å²) in [6, 6.07) is 0.683. The van der Waals surface area contributed by atoms with Crippen molar-refractivity contribution in [1.29, 1.82) is 0 Å². The van der Waals surface area contributed by atoms with E-state index in [9.17, 15) is 35.9 Å². The van der Waals surface area contributed by atoms with Crippen LogP contribution >= 0.6 is 0 Å². The van der Waals surface area contributed by atoms with Gasteiger partial charge in [-0.2, -0.15) is 31.3 Å². The second kappa shape index (κ2) is 6.25. The van der Waals surface area contributed by atoms with Gasteiger partial charge in [0.05, 0.1) is 0 Å². The maximum Gasteiger partial charge on any atom is 0.471 e. The number of alkyl halides is 6. The molecule has 0 bridgehead atoms. The molecule has 13 heteroatoms. The lowest BCUT2D eigenvalue weighted by atomic mass is 9.98. The van der Waals surface area contributed by atoms with Crippen molar-refractivity contribution >= 4 is 11.8 Å². The largest absolute Gasteiger partial charge is 0.471 e. The molecule has 1 aromatic heterocycles. The Morgan fingerprint density at radius 3 is 2.22 bits per heavy atom. The highest BCUT2D eigenvalue weighted by atomic mass is 19.4. The summed E-state index contributed by atoms with van der Waals surface area (Å²) in [7, 11) is 0. The zero-order valence-corrected chi connectivity index (χ0v) is 12.9. The Morgan fingerprint density at radius 1 is 1.11 bits per heavy atom. The summed E-state index contributed by atoms with van der Waals surface area (Å²) in [5, 5.41) is 6.75. The fourth-order valence-corrected chi connectivity index (χ4v) is 2.25. The van der Waals surface area contributed by atoms with Crippen LogP contribution in [0.25, 0.3) is 11.4 Å². The molecule has 0 radical (unpaired) electrons. The summed E-state index contributed by atoms with van der Waals surface area (Å²) in [4.78, 5) is 26.4. The van der Waals surface area contributed by atoms with Gasteiger partial charge in [-0.3, -0.25) is 9.59 Å². The Balaban J connectivity index is 1.71. The van der Waals surface area contributed by atoms with E-state index in [0.29, 0.717) is 0 Å². The zero-order chi connectivity index (χ0) is 20.0. The summed E-state index contributed by atoms with van der Waals surface area (Å²) in [6.45, 7) is 0. The molecule has 27 heavy (non-hydrogen) atoms. The van der Waals surface area contributed by atoms with E-state index in [-0.39, 0.29) is 17.0 Å². The van der Waals surface area contributed by atoms with E-state index < -0.39 is 42.1 Å². The summed E-state index contributed by atoms with van der Waals surface area (Å²) in [5.41, 5.74) is -0.0285. The number of nitrogens with one attached hydrogen (secondary N) is 2. The molecule has 0 spiro atoms. The van der Waals surface area contributed by atoms with E-state index in [4.69, 9.17) is 0 Å². The lowest BCUT2D eigenvalue weighted by molar-refractivity contribution is -0.186. The summed E-state index contributed by atoms with van der Waals surface area (Å²) in [6.07, 6.45) is -9.53. The van der Waals surface area contributed by atoms with Crippen molar-refractivity contribution in [2.45, 2.75) is 24.4 Å². The molecule has 2 aromatic rings. The fourth-order valence-electron chi connectivity index (χ4n) is 2.25. The second-order valence-electron chi connectivity index (χ2n) is 5.48. The predicted octanol–water partition coefficient (Wildman–Crippen LogP) is 1.91. The Morgan fingerprint density at radius 2 is 1.74 bits per heavy atom. The molecule has 2 unspecified atom stereocenters. The van der Waals surface area contributed by atoms with Gasteiger partial charge in [0.25, 0.3) is 5.91 Å². The molecule has 2 heterocycles. The number of aromatic nitrogens is 2. The molecular formula is C14H8F6N4O3. The Kier molecular flexibility index (Phi) is 4.32. The van der Waals surface area contributed by atoms with E-state index in [1.807, 2.05) is 5.32 Å². The van der Waals surface area contributed by atoms with Crippen molar-refractivity contribution in [1.82, 2.24) is 20.8 Å². The molecule has 1 aliphatic heterocycles. The Labute approximate surface area is 145 Å². The molecule has 1 aliphatic rings. The summed E-state index contributed by atoms with van der Waals surface area (Å²) < 4.78 is 79.3. The predicted molar refractivity (Wildman–Crippen MR) is 74.0 cm³/mol. The van der Waals surface area contributed by atoms with Crippen molar-refractivity contribution in [2.24, 2.45) is 0 Å². The molecular weight excluding hydrogens is 386 g/mol. The van der Waals surface area contributed by atoms with Crippen LogP contribution < -0.4 is 10.6 Å². The van der Waals surface area contributed by atoms with E-state index >= 15 is 0 Å². The van der Waals surface area contributed by atoms with Gasteiger partial charge < -0.3 is 15.2 Å². The number of β-lactam (4-membered cyclic amide) rings is 1. The number of hydrogen-bond donors (Lipinski definition) is 2. The molecule has 0 saturated carbocycles. The first kappa shape index (κ1) is 18.7. The van der Waals surface area contributed by atoms with Gasteiger partial charge in [0.2, 0.25) is 11.7 Å². The van der Waals surface area contributed by atoms with Gasteiger partial charge >= 0.3 is 18.2 Å². The average Bonchev–Trinajstić information content (AvgIpc) is 3.07. The minimum atomic E-state index is -4.82.